The molecule has 6 nitrogen and oxygen atoms in total. The van der Waals surface area contributed by atoms with E-state index in [1.807, 2.05) is 10.7 Å². The van der Waals surface area contributed by atoms with Crippen molar-refractivity contribution in [3.8, 4) is 11.5 Å². The smallest absolute Gasteiger partial charge is 0.180 e. The van der Waals surface area contributed by atoms with Gasteiger partial charge < -0.3 is 5.43 Å². The molecule has 6 heteroatoms. The largest absolute Gasteiger partial charge is 0.308 e. The summed E-state index contributed by atoms with van der Waals surface area (Å²) in [5.74, 6) is 7.06. The summed E-state index contributed by atoms with van der Waals surface area (Å²) < 4.78 is 1.89. The van der Waals surface area contributed by atoms with Crippen molar-refractivity contribution in [2.24, 2.45) is 5.84 Å². The number of nitrogens with one attached hydrogen (secondary N) is 1. The predicted octanol–water partition coefficient (Wildman–Crippen LogP) is 1.52. The highest BCUT2D eigenvalue weighted by Gasteiger charge is 2.19. The minimum absolute atomic E-state index is 0.702. The van der Waals surface area contributed by atoms with Gasteiger partial charge in [-0.1, -0.05) is 0 Å². The van der Waals surface area contributed by atoms with Gasteiger partial charge in [-0.25, -0.2) is 15.8 Å². The molecule has 0 atom stereocenters. The van der Waals surface area contributed by atoms with Crippen molar-refractivity contribution < 1.29 is 0 Å². The average molecular weight is 258 g/mol. The summed E-state index contributed by atoms with van der Waals surface area (Å²) in [6.45, 7) is 2.85. The number of nitrogens with zero attached hydrogens (tertiary/aromatic N) is 4. The molecule has 0 aromatic carbocycles. The highest BCUT2D eigenvalue weighted by atomic mass is 15.3. The monoisotopic (exact) mass is 258 g/mol. The summed E-state index contributed by atoms with van der Waals surface area (Å²) in [6, 6.07) is 1.94. The first-order chi connectivity index (χ1) is 9.33. The summed E-state index contributed by atoms with van der Waals surface area (Å²) >= 11 is 0. The number of hydrogen-bond acceptors (Lipinski definition) is 5. The van der Waals surface area contributed by atoms with E-state index in [0.29, 0.717) is 5.82 Å². The van der Waals surface area contributed by atoms with Crippen molar-refractivity contribution in [1.29, 1.82) is 0 Å². The van der Waals surface area contributed by atoms with Gasteiger partial charge >= 0.3 is 0 Å². The Morgan fingerprint density at radius 2 is 2.16 bits per heavy atom. The highest BCUT2D eigenvalue weighted by molar-refractivity contribution is 5.57. The topological polar surface area (TPSA) is 81.7 Å². The second-order valence-electron chi connectivity index (χ2n) is 4.70. The van der Waals surface area contributed by atoms with Crippen LogP contribution in [0.1, 0.15) is 31.0 Å². The first-order valence-corrected chi connectivity index (χ1v) is 6.72. The number of nitrogen functional groups attached to an aromatic ring is 1. The summed E-state index contributed by atoms with van der Waals surface area (Å²) in [7, 11) is 0. The number of hydrazine groups is 1. The molecule has 2 aromatic rings. The molecule has 19 heavy (non-hydrogen) atoms. The lowest BCUT2D eigenvalue weighted by molar-refractivity contribution is 0.651. The summed E-state index contributed by atoms with van der Waals surface area (Å²) in [5.41, 5.74) is 5.94. The van der Waals surface area contributed by atoms with E-state index >= 15 is 0 Å². The van der Waals surface area contributed by atoms with E-state index in [2.05, 4.69) is 22.4 Å². The molecule has 0 unspecified atom stereocenters. The number of anilines is 1. The molecule has 0 amide bonds. The number of fused-ring (bicyclic) bond motifs is 1. The zero-order valence-electron chi connectivity index (χ0n) is 11.1. The Morgan fingerprint density at radius 1 is 1.32 bits per heavy atom. The van der Waals surface area contributed by atoms with Crippen LogP contribution >= 0.6 is 0 Å². The summed E-state index contributed by atoms with van der Waals surface area (Å²) in [5, 5.41) is 4.26. The van der Waals surface area contributed by atoms with Gasteiger partial charge in [0, 0.05) is 24.0 Å². The molecule has 0 saturated carbocycles. The van der Waals surface area contributed by atoms with E-state index in [1.54, 1.807) is 6.20 Å². The molecule has 1 aliphatic rings. The van der Waals surface area contributed by atoms with Crippen LogP contribution in [0.3, 0.4) is 0 Å². The van der Waals surface area contributed by atoms with Crippen LogP contribution in [-0.4, -0.2) is 19.7 Å². The van der Waals surface area contributed by atoms with Crippen molar-refractivity contribution in [1.82, 2.24) is 19.7 Å². The predicted molar refractivity (Wildman–Crippen MR) is 73.4 cm³/mol. The Bertz CT molecular complexity index is 572. The quantitative estimate of drug-likeness (QED) is 0.644. The van der Waals surface area contributed by atoms with Gasteiger partial charge in [-0.05, 0) is 38.7 Å². The number of aryl methyl sites for hydroxylation is 2. The standard InChI is InChI=1S/C13H18N6/c1-2-19-11(7-8-15-19)13-16-10-6-4-3-5-9(10)12(17-13)18-14/h7-8H,2-6,14H2,1H3,(H,16,17,18). The van der Waals surface area contributed by atoms with Crippen LogP contribution in [0.4, 0.5) is 5.82 Å². The fourth-order valence-corrected chi connectivity index (χ4v) is 2.60. The van der Waals surface area contributed by atoms with Crippen molar-refractivity contribution >= 4 is 5.82 Å². The lowest BCUT2D eigenvalue weighted by atomic mass is 9.96. The summed E-state index contributed by atoms with van der Waals surface area (Å²) in [6.07, 6.45) is 6.14. The lowest BCUT2D eigenvalue weighted by Gasteiger charge is -2.18. The molecule has 0 spiro atoms. The van der Waals surface area contributed by atoms with Crippen LogP contribution in [-0.2, 0) is 19.4 Å². The van der Waals surface area contributed by atoms with E-state index in [4.69, 9.17) is 10.8 Å². The van der Waals surface area contributed by atoms with Crippen LogP contribution in [0, 0.1) is 0 Å². The fourth-order valence-electron chi connectivity index (χ4n) is 2.60. The molecular formula is C13H18N6. The zero-order valence-corrected chi connectivity index (χ0v) is 11.1. The normalized spacial score (nSPS) is 14.2. The first kappa shape index (κ1) is 12.1. The number of hydrogen-bond donors (Lipinski definition) is 2. The lowest BCUT2D eigenvalue weighted by Crippen LogP contribution is -2.17. The van der Waals surface area contributed by atoms with Crippen molar-refractivity contribution in [2.75, 3.05) is 5.43 Å². The van der Waals surface area contributed by atoms with Crippen molar-refractivity contribution in [2.45, 2.75) is 39.2 Å². The van der Waals surface area contributed by atoms with Crippen molar-refractivity contribution in [3.05, 3.63) is 23.5 Å². The minimum Gasteiger partial charge on any atom is -0.308 e. The SMILES string of the molecule is CCn1nccc1-c1nc2c(c(NN)n1)CCCC2. The molecule has 1 aliphatic carbocycles. The molecule has 100 valence electrons. The van der Waals surface area contributed by atoms with Crippen LogP contribution in [0.2, 0.25) is 0 Å². The molecular weight excluding hydrogens is 240 g/mol. The Balaban J connectivity index is 2.12. The maximum atomic E-state index is 5.60. The Morgan fingerprint density at radius 3 is 2.95 bits per heavy atom. The average Bonchev–Trinajstić information content (AvgIpc) is 2.94. The number of aromatic nitrogens is 4. The van der Waals surface area contributed by atoms with Crippen LogP contribution in [0.25, 0.3) is 11.5 Å². The number of nitrogens with two attached hydrogens (primary N) is 1. The van der Waals surface area contributed by atoms with Gasteiger partial charge in [-0.15, -0.1) is 0 Å². The van der Waals surface area contributed by atoms with Gasteiger partial charge in [0.25, 0.3) is 0 Å². The van der Waals surface area contributed by atoms with Crippen LogP contribution in [0.15, 0.2) is 12.3 Å². The van der Waals surface area contributed by atoms with Gasteiger partial charge in [0.05, 0.1) is 0 Å². The van der Waals surface area contributed by atoms with Gasteiger partial charge in [0.15, 0.2) is 5.82 Å². The molecule has 3 rings (SSSR count). The van der Waals surface area contributed by atoms with Crippen LogP contribution in [0.5, 0.6) is 0 Å². The Kier molecular flexibility index (Phi) is 3.16. The second kappa shape index (κ2) is 4.97. The van der Waals surface area contributed by atoms with Crippen LogP contribution < -0.4 is 11.3 Å². The summed E-state index contributed by atoms with van der Waals surface area (Å²) in [4.78, 5) is 9.25. The molecule has 2 aromatic heterocycles. The van der Waals surface area contributed by atoms with Gasteiger partial charge in [-0.2, -0.15) is 5.10 Å². The molecule has 3 N–H and O–H groups in total. The van der Waals surface area contributed by atoms with Gasteiger partial charge in [-0.3, -0.25) is 4.68 Å². The molecule has 2 heterocycles. The van der Waals surface area contributed by atoms with E-state index in [0.717, 1.165) is 36.6 Å². The minimum atomic E-state index is 0.702. The molecule has 0 bridgehead atoms. The Labute approximate surface area is 112 Å². The third kappa shape index (κ3) is 2.08. The van der Waals surface area contributed by atoms with Gasteiger partial charge in [0.1, 0.15) is 11.5 Å². The van der Waals surface area contributed by atoms with E-state index in [1.165, 1.54) is 18.4 Å². The number of rotatable bonds is 3. The molecule has 0 aliphatic heterocycles. The van der Waals surface area contributed by atoms with E-state index in [9.17, 15) is 0 Å². The first-order valence-electron chi connectivity index (χ1n) is 6.72. The molecule has 0 fully saturated rings. The highest BCUT2D eigenvalue weighted by Crippen LogP contribution is 2.27. The van der Waals surface area contributed by atoms with E-state index < -0.39 is 0 Å². The maximum Gasteiger partial charge on any atom is 0.180 e. The molecule has 0 radical (unpaired) electrons. The Hall–Kier alpha value is -1.95. The third-order valence-corrected chi connectivity index (χ3v) is 3.57. The molecule has 0 saturated heterocycles. The fraction of sp³-hybridized carbons (Fsp3) is 0.462. The van der Waals surface area contributed by atoms with Crippen molar-refractivity contribution in [3.63, 3.8) is 0 Å². The maximum absolute atomic E-state index is 5.60. The third-order valence-electron chi connectivity index (χ3n) is 3.57. The van der Waals surface area contributed by atoms with E-state index in [-0.39, 0.29) is 0 Å². The van der Waals surface area contributed by atoms with Gasteiger partial charge in [0.2, 0.25) is 0 Å². The second-order valence-corrected chi connectivity index (χ2v) is 4.70. The zero-order chi connectivity index (χ0) is 13.2.